The van der Waals surface area contributed by atoms with Crippen LogP contribution in [-0.2, 0) is 0 Å². The van der Waals surface area contributed by atoms with Crippen molar-refractivity contribution >= 4 is 0 Å². The van der Waals surface area contributed by atoms with Gasteiger partial charge in [-0.05, 0) is 37.2 Å². The molecule has 0 heteroatoms. The van der Waals surface area contributed by atoms with Gasteiger partial charge in [0.15, 0.2) is 0 Å². The molecule has 0 radical (unpaired) electrons. The molecule has 1 aromatic carbocycles. The van der Waals surface area contributed by atoms with Crippen LogP contribution in [0, 0.1) is 12.8 Å². The van der Waals surface area contributed by atoms with Gasteiger partial charge < -0.3 is 0 Å². The number of benzene rings is 1. The maximum atomic E-state index is 2.36. The first-order chi connectivity index (χ1) is 5.77. The third-order valence-electron chi connectivity index (χ3n) is 3.13. The molecule has 2 atom stereocenters. The molecule has 0 heterocycles. The molecule has 64 valence electrons. The van der Waals surface area contributed by atoms with Crippen LogP contribution in [-0.4, -0.2) is 0 Å². The maximum Gasteiger partial charge on any atom is -0.0136 e. The van der Waals surface area contributed by atoms with Crippen LogP contribution in [0.3, 0.4) is 0 Å². The van der Waals surface area contributed by atoms with Crippen molar-refractivity contribution in [3.8, 4) is 0 Å². The van der Waals surface area contributed by atoms with Crippen LogP contribution in [0.5, 0.6) is 0 Å². The summed E-state index contributed by atoms with van der Waals surface area (Å²) in [7, 11) is 0. The molecule has 0 spiro atoms. The van der Waals surface area contributed by atoms with E-state index in [-0.39, 0.29) is 0 Å². The molecule has 0 nitrogen and oxygen atoms in total. The van der Waals surface area contributed by atoms with Gasteiger partial charge in [0.25, 0.3) is 0 Å². The summed E-state index contributed by atoms with van der Waals surface area (Å²) in [6.45, 7) is 4.50. The molecular formula is C12H16. The Kier molecular flexibility index (Phi) is 1.92. The van der Waals surface area contributed by atoms with Crippen LogP contribution >= 0.6 is 0 Å². The molecule has 1 aromatic rings. The summed E-state index contributed by atoms with van der Waals surface area (Å²) >= 11 is 0. The topological polar surface area (TPSA) is 0 Å². The van der Waals surface area contributed by atoms with Gasteiger partial charge in [-0.3, -0.25) is 0 Å². The van der Waals surface area contributed by atoms with Crippen molar-refractivity contribution in [1.82, 2.24) is 0 Å². The number of hydrogen-bond donors (Lipinski definition) is 0. The molecule has 0 saturated heterocycles. The Morgan fingerprint density at radius 3 is 2.17 bits per heavy atom. The zero-order chi connectivity index (χ0) is 8.55. The quantitative estimate of drug-likeness (QED) is 0.589. The summed E-state index contributed by atoms with van der Waals surface area (Å²) in [4.78, 5) is 0. The first kappa shape index (κ1) is 7.85. The van der Waals surface area contributed by atoms with Crippen molar-refractivity contribution in [2.45, 2.75) is 32.6 Å². The lowest BCUT2D eigenvalue weighted by molar-refractivity contribution is 0.280. The fraction of sp³-hybridized carbons (Fsp3) is 0.500. The lowest BCUT2D eigenvalue weighted by Gasteiger charge is -2.34. The standard InChI is InChI=1S/C12H16/c1-9-3-6-11(7-4-9)12-8-5-10(12)2/h3-4,6-7,10,12H,5,8H2,1-2H3. The second-order valence-electron chi connectivity index (χ2n) is 4.07. The summed E-state index contributed by atoms with van der Waals surface area (Å²) in [5.41, 5.74) is 2.91. The molecule has 1 fully saturated rings. The van der Waals surface area contributed by atoms with Crippen LogP contribution in [0.25, 0.3) is 0 Å². The fourth-order valence-electron chi connectivity index (χ4n) is 1.98. The molecule has 1 saturated carbocycles. The van der Waals surface area contributed by atoms with Crippen LogP contribution in [0.4, 0.5) is 0 Å². The lowest BCUT2D eigenvalue weighted by Crippen LogP contribution is -2.20. The molecule has 1 aliphatic carbocycles. The van der Waals surface area contributed by atoms with E-state index in [4.69, 9.17) is 0 Å². The highest BCUT2D eigenvalue weighted by atomic mass is 14.3. The van der Waals surface area contributed by atoms with E-state index < -0.39 is 0 Å². The zero-order valence-electron chi connectivity index (χ0n) is 7.88. The van der Waals surface area contributed by atoms with E-state index in [0.29, 0.717) is 0 Å². The van der Waals surface area contributed by atoms with Crippen LogP contribution < -0.4 is 0 Å². The first-order valence-corrected chi connectivity index (χ1v) is 4.84. The van der Waals surface area contributed by atoms with Gasteiger partial charge in [0, 0.05) is 0 Å². The maximum absolute atomic E-state index is 2.36. The summed E-state index contributed by atoms with van der Waals surface area (Å²) in [6, 6.07) is 9.02. The minimum atomic E-state index is 0.852. The van der Waals surface area contributed by atoms with Gasteiger partial charge in [-0.15, -0.1) is 0 Å². The lowest BCUT2D eigenvalue weighted by atomic mass is 9.71. The summed E-state index contributed by atoms with van der Waals surface area (Å²) in [5.74, 6) is 1.76. The Bertz CT molecular complexity index is 258. The molecule has 0 aliphatic heterocycles. The molecule has 12 heavy (non-hydrogen) atoms. The molecule has 2 rings (SSSR count). The second kappa shape index (κ2) is 2.93. The minimum absolute atomic E-state index is 0.852. The summed E-state index contributed by atoms with van der Waals surface area (Å²) in [5, 5.41) is 0. The zero-order valence-corrected chi connectivity index (χ0v) is 7.88. The third kappa shape index (κ3) is 1.26. The fourth-order valence-corrected chi connectivity index (χ4v) is 1.98. The average molecular weight is 160 g/mol. The molecule has 0 N–H and O–H groups in total. The highest BCUT2D eigenvalue weighted by Gasteiger charge is 2.27. The number of aryl methyl sites for hydroxylation is 1. The van der Waals surface area contributed by atoms with E-state index in [1.807, 2.05) is 0 Å². The normalized spacial score (nSPS) is 28.2. The predicted molar refractivity (Wildman–Crippen MR) is 52.3 cm³/mol. The first-order valence-electron chi connectivity index (χ1n) is 4.84. The van der Waals surface area contributed by atoms with E-state index in [0.717, 1.165) is 11.8 Å². The Labute approximate surface area is 74.6 Å². The van der Waals surface area contributed by atoms with Crippen LogP contribution in [0.2, 0.25) is 0 Å². The van der Waals surface area contributed by atoms with Gasteiger partial charge in [-0.2, -0.15) is 0 Å². The number of hydrogen-bond acceptors (Lipinski definition) is 0. The monoisotopic (exact) mass is 160 g/mol. The van der Waals surface area contributed by atoms with Gasteiger partial charge in [-0.1, -0.05) is 36.8 Å². The average Bonchev–Trinajstić information content (AvgIpc) is 2.06. The minimum Gasteiger partial charge on any atom is -0.0619 e. The molecule has 1 aliphatic rings. The van der Waals surface area contributed by atoms with Crippen molar-refractivity contribution in [2.75, 3.05) is 0 Å². The van der Waals surface area contributed by atoms with Crippen molar-refractivity contribution in [2.24, 2.45) is 5.92 Å². The highest BCUT2D eigenvalue weighted by Crippen LogP contribution is 2.41. The van der Waals surface area contributed by atoms with E-state index in [2.05, 4.69) is 38.1 Å². The van der Waals surface area contributed by atoms with Crippen molar-refractivity contribution in [3.63, 3.8) is 0 Å². The smallest absolute Gasteiger partial charge is 0.0136 e. The van der Waals surface area contributed by atoms with Crippen LogP contribution in [0.15, 0.2) is 24.3 Å². The molecular weight excluding hydrogens is 144 g/mol. The Hall–Kier alpha value is -0.780. The predicted octanol–water partition coefficient (Wildman–Crippen LogP) is 3.51. The second-order valence-corrected chi connectivity index (χ2v) is 4.07. The molecule has 0 bridgehead atoms. The summed E-state index contributed by atoms with van der Waals surface area (Å²) < 4.78 is 0. The van der Waals surface area contributed by atoms with Gasteiger partial charge in [0.05, 0.1) is 0 Å². The van der Waals surface area contributed by atoms with Gasteiger partial charge in [0.2, 0.25) is 0 Å². The molecule has 0 aromatic heterocycles. The van der Waals surface area contributed by atoms with Crippen LogP contribution in [0.1, 0.15) is 36.8 Å². The van der Waals surface area contributed by atoms with Crippen molar-refractivity contribution in [1.29, 1.82) is 0 Å². The largest absolute Gasteiger partial charge is 0.0619 e. The van der Waals surface area contributed by atoms with Gasteiger partial charge >= 0.3 is 0 Å². The van der Waals surface area contributed by atoms with Gasteiger partial charge in [0.1, 0.15) is 0 Å². The molecule has 0 amide bonds. The Balaban J connectivity index is 2.18. The Morgan fingerprint density at radius 2 is 1.75 bits per heavy atom. The van der Waals surface area contributed by atoms with E-state index in [9.17, 15) is 0 Å². The van der Waals surface area contributed by atoms with E-state index in [1.54, 1.807) is 5.56 Å². The SMILES string of the molecule is Cc1ccc(C2CCC2C)cc1. The summed E-state index contributed by atoms with van der Waals surface area (Å²) in [6.07, 6.45) is 2.81. The number of rotatable bonds is 1. The Morgan fingerprint density at radius 1 is 1.08 bits per heavy atom. The highest BCUT2D eigenvalue weighted by molar-refractivity contribution is 5.26. The van der Waals surface area contributed by atoms with E-state index in [1.165, 1.54) is 18.4 Å². The third-order valence-corrected chi connectivity index (χ3v) is 3.13. The van der Waals surface area contributed by atoms with Gasteiger partial charge in [-0.25, -0.2) is 0 Å². The van der Waals surface area contributed by atoms with Crippen molar-refractivity contribution in [3.05, 3.63) is 35.4 Å². The van der Waals surface area contributed by atoms with E-state index >= 15 is 0 Å². The molecule has 2 unspecified atom stereocenters. The van der Waals surface area contributed by atoms with Crippen molar-refractivity contribution < 1.29 is 0 Å².